The second-order valence-corrected chi connectivity index (χ2v) is 8.77. The highest BCUT2D eigenvalue weighted by molar-refractivity contribution is 7.97. The van der Waals surface area contributed by atoms with E-state index in [1.54, 1.807) is 44.2 Å². The molecule has 172 valence electrons. The second-order valence-electron chi connectivity index (χ2n) is 7.67. The van der Waals surface area contributed by atoms with Gasteiger partial charge >= 0.3 is 0 Å². The lowest BCUT2D eigenvalue weighted by molar-refractivity contribution is 0.102. The van der Waals surface area contributed by atoms with Gasteiger partial charge in [-0.05, 0) is 62.5 Å². The predicted octanol–water partition coefficient (Wildman–Crippen LogP) is 1.75. The summed E-state index contributed by atoms with van der Waals surface area (Å²) in [7, 11) is 1.54. The molecule has 2 heterocycles. The van der Waals surface area contributed by atoms with E-state index in [-0.39, 0.29) is 18.3 Å². The molecule has 10 nitrogen and oxygen atoms in total. The van der Waals surface area contributed by atoms with E-state index in [2.05, 4.69) is 33.6 Å². The van der Waals surface area contributed by atoms with Gasteiger partial charge in [-0.2, -0.15) is 5.10 Å². The van der Waals surface area contributed by atoms with Crippen molar-refractivity contribution in [2.45, 2.75) is 44.3 Å². The van der Waals surface area contributed by atoms with Gasteiger partial charge in [-0.1, -0.05) is 6.07 Å². The van der Waals surface area contributed by atoms with Crippen molar-refractivity contribution in [3.63, 3.8) is 0 Å². The number of pyridine rings is 1. The number of hydrazine groups is 1. The van der Waals surface area contributed by atoms with Crippen LogP contribution < -0.4 is 21.7 Å². The molecule has 0 fully saturated rings. The van der Waals surface area contributed by atoms with Gasteiger partial charge in [-0.3, -0.25) is 9.80 Å². The van der Waals surface area contributed by atoms with Gasteiger partial charge in [0.15, 0.2) is 5.84 Å². The quantitative estimate of drug-likeness (QED) is 0.160. The number of aliphatic hydroxyl groups is 1. The van der Waals surface area contributed by atoms with Gasteiger partial charge in [-0.15, -0.1) is 0 Å². The maximum atomic E-state index is 13.1. The molecule has 0 aliphatic carbocycles. The van der Waals surface area contributed by atoms with Gasteiger partial charge < -0.3 is 21.0 Å². The monoisotopic (exact) mass is 459 g/mol. The zero-order valence-corrected chi connectivity index (χ0v) is 19.4. The molecule has 2 aromatic rings. The number of methoxy groups -OCH3 is 1. The molecule has 1 aliphatic heterocycles. The van der Waals surface area contributed by atoms with Crippen LogP contribution in [0.2, 0.25) is 0 Å². The standard InChI is InChI=1S/C21H29N7O3S/c1-12(2)27-10-14-8-17(31-4)15(9-18(14)32-27)21(30)25-19-7-5-6-16(24-19)20(26-22)28(23)13(3)11-29/h5-9,12-13,29H,10-11,22-23H2,1-4H3,(H,24,25,30)/b26-20-. The smallest absolute Gasteiger partial charge is 0.260 e. The molecule has 0 saturated heterocycles. The number of nitrogens with zero attached hydrogens (tertiary/aromatic N) is 4. The van der Waals surface area contributed by atoms with Crippen LogP contribution in [0.15, 0.2) is 40.3 Å². The average Bonchev–Trinajstić information content (AvgIpc) is 3.21. The Kier molecular flexibility index (Phi) is 7.56. The third kappa shape index (κ3) is 4.96. The van der Waals surface area contributed by atoms with Crippen LogP contribution in [-0.4, -0.2) is 56.9 Å². The number of benzene rings is 1. The maximum Gasteiger partial charge on any atom is 0.260 e. The number of hydrazone groups is 1. The van der Waals surface area contributed by atoms with Gasteiger partial charge in [0.1, 0.15) is 17.3 Å². The third-order valence-corrected chi connectivity index (χ3v) is 6.43. The van der Waals surface area contributed by atoms with Crippen molar-refractivity contribution >= 4 is 29.5 Å². The van der Waals surface area contributed by atoms with E-state index in [9.17, 15) is 9.90 Å². The van der Waals surface area contributed by atoms with Crippen molar-refractivity contribution in [2.75, 3.05) is 19.0 Å². The fourth-order valence-corrected chi connectivity index (χ4v) is 4.22. The molecule has 0 radical (unpaired) electrons. The first kappa shape index (κ1) is 23.8. The minimum atomic E-state index is -0.420. The molecule has 1 amide bonds. The predicted molar refractivity (Wildman–Crippen MR) is 125 cm³/mol. The molecule has 3 rings (SSSR count). The van der Waals surface area contributed by atoms with Crippen LogP contribution in [0.5, 0.6) is 5.75 Å². The zero-order chi connectivity index (χ0) is 23.4. The average molecular weight is 460 g/mol. The van der Waals surface area contributed by atoms with Crippen molar-refractivity contribution in [3.05, 3.63) is 47.2 Å². The van der Waals surface area contributed by atoms with Crippen molar-refractivity contribution in [1.82, 2.24) is 14.3 Å². The topological polar surface area (TPSA) is 142 Å². The lowest BCUT2D eigenvalue weighted by Crippen LogP contribution is -2.47. The number of ether oxygens (including phenoxy) is 1. The number of hydrogen-bond donors (Lipinski definition) is 4. The number of nitrogens with one attached hydrogen (secondary N) is 1. The number of amidine groups is 1. The van der Waals surface area contributed by atoms with E-state index >= 15 is 0 Å². The van der Waals surface area contributed by atoms with E-state index in [4.69, 9.17) is 16.4 Å². The SMILES string of the molecule is COc1cc2c(cc1C(=O)Nc1cccc(/C(=N/N)N(N)C(C)CO)n1)SN(C(C)C)C2. The summed E-state index contributed by atoms with van der Waals surface area (Å²) >= 11 is 1.63. The molecular formula is C21H29N7O3S. The molecule has 11 heteroatoms. The largest absolute Gasteiger partial charge is 0.496 e. The summed E-state index contributed by atoms with van der Waals surface area (Å²) in [5, 5.41) is 17.1. The highest BCUT2D eigenvalue weighted by atomic mass is 32.2. The van der Waals surface area contributed by atoms with E-state index in [1.807, 2.05) is 12.1 Å². The molecule has 0 bridgehead atoms. The number of amides is 1. The Morgan fingerprint density at radius 1 is 1.41 bits per heavy atom. The Balaban J connectivity index is 1.84. The van der Waals surface area contributed by atoms with Crippen LogP contribution in [0, 0.1) is 0 Å². The summed E-state index contributed by atoms with van der Waals surface area (Å²) in [5.74, 6) is 12.1. The number of hydrogen-bond acceptors (Lipinski definition) is 9. The van der Waals surface area contributed by atoms with E-state index in [0.29, 0.717) is 28.9 Å². The number of nitrogens with two attached hydrogens (primary N) is 2. The molecule has 1 aromatic carbocycles. The van der Waals surface area contributed by atoms with E-state index in [1.165, 1.54) is 5.01 Å². The van der Waals surface area contributed by atoms with Gasteiger partial charge in [0.05, 0.1) is 25.3 Å². The number of fused-ring (bicyclic) bond motifs is 1. The molecule has 1 atom stereocenters. The summed E-state index contributed by atoms with van der Waals surface area (Å²) in [6, 6.07) is 8.73. The van der Waals surface area contributed by atoms with Crippen molar-refractivity contribution in [2.24, 2.45) is 16.8 Å². The minimum absolute atomic E-state index is 0.183. The Morgan fingerprint density at radius 3 is 2.78 bits per heavy atom. The summed E-state index contributed by atoms with van der Waals surface area (Å²) in [4.78, 5) is 18.5. The summed E-state index contributed by atoms with van der Waals surface area (Å²) in [5.41, 5.74) is 1.90. The molecule has 1 unspecified atom stereocenters. The minimum Gasteiger partial charge on any atom is -0.496 e. The highest BCUT2D eigenvalue weighted by Gasteiger charge is 2.26. The Bertz CT molecular complexity index is 1010. The van der Waals surface area contributed by atoms with Gasteiger partial charge in [0.2, 0.25) is 0 Å². The third-order valence-electron chi connectivity index (χ3n) is 5.07. The van der Waals surface area contributed by atoms with Crippen LogP contribution in [0.25, 0.3) is 0 Å². The highest BCUT2D eigenvalue weighted by Crippen LogP contribution is 2.40. The molecule has 0 spiro atoms. The molecule has 6 N–H and O–H groups in total. The molecule has 0 saturated carbocycles. The van der Waals surface area contributed by atoms with E-state index in [0.717, 1.165) is 17.0 Å². The molecular weight excluding hydrogens is 430 g/mol. The van der Waals surface area contributed by atoms with Crippen LogP contribution in [0.4, 0.5) is 5.82 Å². The maximum absolute atomic E-state index is 13.1. The van der Waals surface area contributed by atoms with Crippen LogP contribution in [0.3, 0.4) is 0 Å². The first-order valence-electron chi connectivity index (χ1n) is 10.2. The first-order valence-corrected chi connectivity index (χ1v) is 10.9. The molecule has 32 heavy (non-hydrogen) atoms. The summed E-state index contributed by atoms with van der Waals surface area (Å²) in [6.45, 7) is 6.59. The van der Waals surface area contributed by atoms with Crippen molar-refractivity contribution in [1.29, 1.82) is 0 Å². The Morgan fingerprint density at radius 2 is 2.16 bits per heavy atom. The van der Waals surface area contributed by atoms with Crippen LogP contribution >= 0.6 is 11.9 Å². The summed E-state index contributed by atoms with van der Waals surface area (Å²) < 4.78 is 7.73. The number of carbonyl (C=O) groups is 1. The Labute approximate surface area is 191 Å². The second kappa shape index (κ2) is 10.2. The Hall–Kier alpha value is -2.86. The number of aromatic nitrogens is 1. The normalized spacial score (nSPS) is 14.9. The van der Waals surface area contributed by atoms with Crippen molar-refractivity contribution < 1.29 is 14.6 Å². The zero-order valence-electron chi connectivity index (χ0n) is 18.6. The van der Waals surface area contributed by atoms with E-state index < -0.39 is 6.04 Å². The van der Waals surface area contributed by atoms with Crippen LogP contribution in [-0.2, 0) is 6.54 Å². The van der Waals surface area contributed by atoms with Crippen molar-refractivity contribution in [3.8, 4) is 5.75 Å². The fraction of sp³-hybridized carbons (Fsp3) is 0.381. The lowest BCUT2D eigenvalue weighted by Gasteiger charge is -2.25. The number of aliphatic hydroxyl groups excluding tert-OH is 1. The number of rotatable bonds is 7. The van der Waals surface area contributed by atoms with Gasteiger partial charge in [0, 0.05) is 17.5 Å². The number of carbonyl (C=O) groups excluding carboxylic acids is 1. The molecule has 1 aromatic heterocycles. The first-order chi connectivity index (χ1) is 15.3. The lowest BCUT2D eigenvalue weighted by atomic mass is 10.1. The van der Waals surface area contributed by atoms with Gasteiger partial charge in [0.25, 0.3) is 5.91 Å². The van der Waals surface area contributed by atoms with Crippen LogP contribution in [0.1, 0.15) is 42.4 Å². The van der Waals surface area contributed by atoms with Gasteiger partial charge in [-0.25, -0.2) is 15.1 Å². The number of anilines is 1. The molecule has 1 aliphatic rings. The summed E-state index contributed by atoms with van der Waals surface area (Å²) in [6.07, 6.45) is 0. The fourth-order valence-electron chi connectivity index (χ4n) is 3.15.